The number of nitrogens with zero attached hydrogens (tertiary/aromatic N) is 2. The van der Waals surface area contributed by atoms with E-state index < -0.39 is 17.6 Å². The molecule has 3 aromatic rings. The highest BCUT2D eigenvalue weighted by Crippen LogP contribution is 2.38. The van der Waals surface area contributed by atoms with E-state index in [0.29, 0.717) is 43.6 Å². The zero-order valence-electron chi connectivity index (χ0n) is 18.3. The lowest BCUT2D eigenvalue weighted by Gasteiger charge is -2.12. The van der Waals surface area contributed by atoms with Crippen LogP contribution in [0.25, 0.3) is 6.08 Å². The number of hydrogen-bond acceptors (Lipinski definition) is 8. The first kappa shape index (κ1) is 25.4. The Morgan fingerprint density at radius 2 is 1.71 bits per heavy atom. The molecular formula is C22H20F3N3O4S2. The smallest absolute Gasteiger partial charge is 0.416 e. The van der Waals surface area contributed by atoms with E-state index in [0.717, 1.165) is 23.5 Å². The van der Waals surface area contributed by atoms with E-state index in [2.05, 4.69) is 15.5 Å². The van der Waals surface area contributed by atoms with Gasteiger partial charge < -0.3 is 14.2 Å². The summed E-state index contributed by atoms with van der Waals surface area (Å²) < 4.78 is 54.4. The van der Waals surface area contributed by atoms with Gasteiger partial charge in [0.25, 0.3) is 0 Å². The highest BCUT2D eigenvalue weighted by Gasteiger charge is 2.29. The molecule has 2 aromatic carbocycles. The molecule has 180 valence electrons. The Hall–Kier alpha value is -3.25. The van der Waals surface area contributed by atoms with Gasteiger partial charge in [-0.15, -0.1) is 10.2 Å². The quantitative estimate of drug-likeness (QED) is 0.230. The van der Waals surface area contributed by atoms with Gasteiger partial charge >= 0.3 is 6.18 Å². The summed E-state index contributed by atoms with van der Waals surface area (Å²) in [4.78, 5) is 12.3. The molecule has 1 N–H and O–H groups in total. The van der Waals surface area contributed by atoms with Gasteiger partial charge in [0, 0.05) is 11.8 Å². The van der Waals surface area contributed by atoms with Crippen LogP contribution in [0.3, 0.4) is 0 Å². The van der Waals surface area contributed by atoms with Crippen LogP contribution in [-0.2, 0) is 16.7 Å². The largest absolute Gasteiger partial charge is 0.493 e. The van der Waals surface area contributed by atoms with E-state index in [-0.39, 0.29) is 0 Å². The van der Waals surface area contributed by atoms with E-state index >= 15 is 0 Å². The highest BCUT2D eigenvalue weighted by atomic mass is 32.2. The number of anilines is 1. The number of thioether (sulfide) groups is 1. The van der Waals surface area contributed by atoms with Crippen LogP contribution < -0.4 is 19.5 Å². The summed E-state index contributed by atoms with van der Waals surface area (Å²) in [5.74, 6) is 1.37. The Morgan fingerprint density at radius 3 is 2.26 bits per heavy atom. The van der Waals surface area contributed by atoms with E-state index in [4.69, 9.17) is 14.2 Å². The molecule has 34 heavy (non-hydrogen) atoms. The fourth-order valence-corrected chi connectivity index (χ4v) is 4.48. The molecule has 1 aromatic heterocycles. The summed E-state index contributed by atoms with van der Waals surface area (Å²) in [7, 11) is 4.50. The average molecular weight is 512 g/mol. The van der Waals surface area contributed by atoms with Gasteiger partial charge in [-0.1, -0.05) is 35.2 Å². The topological polar surface area (TPSA) is 82.6 Å². The molecule has 0 saturated heterocycles. The lowest BCUT2D eigenvalue weighted by molar-refractivity contribution is -0.137. The Labute approximate surface area is 201 Å². The Morgan fingerprint density at radius 1 is 1.06 bits per heavy atom. The number of ether oxygens (including phenoxy) is 3. The van der Waals surface area contributed by atoms with Crippen LogP contribution in [0.15, 0.2) is 46.8 Å². The number of carbonyl (C=O) groups is 1. The number of nitrogens with one attached hydrogen (secondary N) is 1. The zero-order chi connectivity index (χ0) is 24.7. The van der Waals surface area contributed by atoms with Crippen molar-refractivity contribution in [2.24, 2.45) is 0 Å². The highest BCUT2D eigenvalue weighted by molar-refractivity contribution is 8.00. The number of halogens is 3. The monoisotopic (exact) mass is 511 g/mol. The predicted octanol–water partition coefficient (Wildman–Crippen LogP) is 5.53. The molecular weight excluding hydrogens is 491 g/mol. The van der Waals surface area contributed by atoms with Crippen LogP contribution in [0.2, 0.25) is 0 Å². The molecule has 0 spiro atoms. The molecule has 0 aliphatic rings. The van der Waals surface area contributed by atoms with Gasteiger partial charge in [-0.3, -0.25) is 10.1 Å². The number of methoxy groups -OCH3 is 3. The molecule has 0 saturated carbocycles. The number of hydrogen-bond donors (Lipinski definition) is 1. The summed E-state index contributed by atoms with van der Waals surface area (Å²) in [5.41, 5.74) is 0.684. The summed E-state index contributed by atoms with van der Waals surface area (Å²) in [6.45, 7) is 0. The van der Waals surface area contributed by atoms with Crippen molar-refractivity contribution in [3.8, 4) is 17.2 Å². The van der Waals surface area contributed by atoms with Gasteiger partial charge in [-0.2, -0.15) is 13.2 Å². The van der Waals surface area contributed by atoms with Crippen LogP contribution in [0.4, 0.5) is 18.3 Å². The molecule has 0 unspecified atom stereocenters. The molecule has 0 atom stereocenters. The van der Waals surface area contributed by atoms with Crippen molar-refractivity contribution < 1.29 is 32.2 Å². The van der Waals surface area contributed by atoms with Crippen molar-refractivity contribution in [2.75, 3.05) is 26.6 Å². The number of aromatic nitrogens is 2. The van der Waals surface area contributed by atoms with Crippen molar-refractivity contribution in [2.45, 2.75) is 16.3 Å². The lowest BCUT2D eigenvalue weighted by atomic mass is 10.1. The first-order valence-corrected chi connectivity index (χ1v) is 11.4. The van der Waals surface area contributed by atoms with E-state index in [1.807, 2.05) is 0 Å². The third kappa shape index (κ3) is 6.64. The third-order valence-electron chi connectivity index (χ3n) is 4.39. The summed E-state index contributed by atoms with van der Waals surface area (Å²) in [6.07, 6.45) is -1.45. The van der Waals surface area contributed by atoms with E-state index in [1.165, 1.54) is 51.3 Å². The number of amides is 1. The maximum absolute atomic E-state index is 12.7. The number of benzene rings is 2. The second-order valence-corrected chi connectivity index (χ2v) is 8.84. The standard InChI is InChI=1S/C22H20F3N3O4S2/c1-30-16-10-14(11-17(31-2)19(16)32-3)6-9-18(29)26-20-27-28-21(34-20)33-12-13-4-7-15(8-5-13)22(23,24)25/h4-11H,12H2,1-3H3,(H,26,27,29)/b9-6+. The fourth-order valence-electron chi connectivity index (χ4n) is 2.77. The van der Waals surface area contributed by atoms with Gasteiger partial charge in [0.15, 0.2) is 15.8 Å². The molecule has 12 heteroatoms. The van der Waals surface area contributed by atoms with Crippen LogP contribution in [-0.4, -0.2) is 37.4 Å². The van der Waals surface area contributed by atoms with Gasteiger partial charge in [0.2, 0.25) is 16.8 Å². The van der Waals surface area contributed by atoms with Gasteiger partial charge in [-0.25, -0.2) is 0 Å². The normalized spacial score (nSPS) is 11.5. The van der Waals surface area contributed by atoms with Crippen molar-refractivity contribution in [3.63, 3.8) is 0 Å². The minimum atomic E-state index is -4.36. The van der Waals surface area contributed by atoms with Crippen molar-refractivity contribution in [3.05, 3.63) is 59.2 Å². The number of rotatable bonds is 9. The molecule has 0 bridgehead atoms. The van der Waals surface area contributed by atoms with Crippen LogP contribution in [0.5, 0.6) is 17.2 Å². The second kappa shape index (κ2) is 11.3. The van der Waals surface area contributed by atoms with Gasteiger partial charge in [-0.05, 0) is 41.5 Å². The van der Waals surface area contributed by atoms with Crippen molar-refractivity contribution >= 4 is 40.2 Å². The van der Waals surface area contributed by atoms with Crippen molar-refractivity contribution in [1.82, 2.24) is 10.2 Å². The van der Waals surface area contributed by atoms with Crippen molar-refractivity contribution in [1.29, 1.82) is 0 Å². The minimum absolute atomic E-state index is 0.300. The second-order valence-electron chi connectivity index (χ2n) is 6.64. The minimum Gasteiger partial charge on any atom is -0.493 e. The van der Waals surface area contributed by atoms with Gasteiger partial charge in [0.1, 0.15) is 0 Å². The van der Waals surface area contributed by atoms with E-state index in [9.17, 15) is 18.0 Å². The Bertz CT molecular complexity index is 1140. The Balaban J connectivity index is 1.57. The van der Waals surface area contributed by atoms with E-state index in [1.54, 1.807) is 18.2 Å². The van der Waals surface area contributed by atoms with Crippen LogP contribution >= 0.6 is 23.1 Å². The third-order valence-corrected chi connectivity index (χ3v) is 6.44. The molecule has 0 aliphatic carbocycles. The number of alkyl halides is 3. The Kier molecular flexibility index (Phi) is 8.40. The molecule has 0 fully saturated rings. The average Bonchev–Trinajstić information content (AvgIpc) is 3.27. The van der Waals surface area contributed by atoms with Crippen LogP contribution in [0.1, 0.15) is 16.7 Å². The first-order chi connectivity index (χ1) is 16.2. The summed E-state index contributed by atoms with van der Waals surface area (Å²) in [6, 6.07) is 8.34. The molecule has 0 aliphatic heterocycles. The zero-order valence-corrected chi connectivity index (χ0v) is 19.9. The summed E-state index contributed by atoms with van der Waals surface area (Å²) in [5, 5.41) is 10.8. The predicted molar refractivity (Wildman–Crippen MR) is 125 cm³/mol. The molecule has 1 heterocycles. The SMILES string of the molecule is COc1cc(/C=C/C(=O)Nc2nnc(SCc3ccc(C(F)(F)F)cc3)s2)cc(OC)c1OC. The maximum Gasteiger partial charge on any atom is 0.416 e. The van der Waals surface area contributed by atoms with Gasteiger partial charge in [0.05, 0.1) is 26.9 Å². The number of carbonyl (C=O) groups excluding carboxylic acids is 1. The van der Waals surface area contributed by atoms with Crippen LogP contribution in [0, 0.1) is 0 Å². The molecule has 7 nitrogen and oxygen atoms in total. The molecule has 0 radical (unpaired) electrons. The molecule has 3 rings (SSSR count). The first-order valence-electron chi connectivity index (χ1n) is 9.65. The molecule has 1 amide bonds. The summed E-state index contributed by atoms with van der Waals surface area (Å²) >= 11 is 2.48. The maximum atomic E-state index is 12.7. The lowest BCUT2D eigenvalue weighted by Crippen LogP contribution is -2.07. The fraction of sp³-hybridized carbons (Fsp3) is 0.227.